The number of benzene rings is 1. The van der Waals surface area contributed by atoms with E-state index in [2.05, 4.69) is 14.9 Å². The summed E-state index contributed by atoms with van der Waals surface area (Å²) < 4.78 is 13.1. The summed E-state index contributed by atoms with van der Waals surface area (Å²) in [4.78, 5) is 26.8. The van der Waals surface area contributed by atoms with Gasteiger partial charge in [0.2, 0.25) is 0 Å². The van der Waals surface area contributed by atoms with E-state index in [-0.39, 0.29) is 11.7 Å². The zero-order chi connectivity index (χ0) is 18.8. The Balaban J connectivity index is 1.47. The Bertz CT molecular complexity index is 934. The number of aryl methyl sites for hydroxylation is 1. The molecule has 0 bridgehead atoms. The van der Waals surface area contributed by atoms with Gasteiger partial charge in [0.1, 0.15) is 22.3 Å². The van der Waals surface area contributed by atoms with E-state index in [1.165, 1.54) is 23.5 Å². The van der Waals surface area contributed by atoms with Gasteiger partial charge in [0, 0.05) is 42.8 Å². The van der Waals surface area contributed by atoms with Crippen LogP contribution in [0.1, 0.15) is 15.4 Å². The monoisotopic (exact) mass is 382 g/mol. The Morgan fingerprint density at radius 3 is 2.48 bits per heavy atom. The molecule has 0 saturated carbocycles. The molecule has 0 radical (unpaired) electrons. The number of pyridine rings is 1. The summed E-state index contributed by atoms with van der Waals surface area (Å²) in [7, 11) is 0. The molecule has 1 aliphatic rings. The van der Waals surface area contributed by atoms with Gasteiger partial charge in [0.25, 0.3) is 5.91 Å². The lowest BCUT2D eigenvalue weighted by Gasteiger charge is -2.35. The number of rotatable bonds is 3. The minimum absolute atomic E-state index is 0.0437. The van der Waals surface area contributed by atoms with E-state index in [4.69, 9.17) is 0 Å². The molecule has 1 saturated heterocycles. The summed E-state index contributed by atoms with van der Waals surface area (Å²) in [5, 5.41) is 0.739. The number of piperazine rings is 1. The van der Waals surface area contributed by atoms with Crippen LogP contribution in [0.4, 0.5) is 10.2 Å². The molecule has 3 aromatic rings. The molecular formula is C20H19FN4OS. The molecule has 27 heavy (non-hydrogen) atoms. The second-order valence-electron chi connectivity index (χ2n) is 6.40. The lowest BCUT2D eigenvalue weighted by molar-refractivity contribution is 0.0741. The average molecular weight is 382 g/mol. The Kier molecular flexibility index (Phi) is 4.85. The Morgan fingerprint density at radius 1 is 1.07 bits per heavy atom. The lowest BCUT2D eigenvalue weighted by atomic mass is 10.2. The third-order valence-corrected chi connectivity index (χ3v) is 5.65. The van der Waals surface area contributed by atoms with Gasteiger partial charge in [0.15, 0.2) is 0 Å². The van der Waals surface area contributed by atoms with E-state index in [9.17, 15) is 9.18 Å². The maximum atomic E-state index is 13.1. The van der Waals surface area contributed by atoms with Gasteiger partial charge in [-0.1, -0.05) is 6.07 Å². The Hall–Kier alpha value is -2.80. The molecule has 1 amide bonds. The van der Waals surface area contributed by atoms with Gasteiger partial charge in [-0.3, -0.25) is 4.79 Å². The van der Waals surface area contributed by atoms with Crippen molar-refractivity contribution in [2.45, 2.75) is 6.92 Å². The second-order valence-corrected chi connectivity index (χ2v) is 7.60. The average Bonchev–Trinajstić information content (AvgIpc) is 3.10. The highest BCUT2D eigenvalue weighted by atomic mass is 32.1. The molecule has 1 aromatic carbocycles. The molecule has 0 spiro atoms. The molecule has 138 valence electrons. The van der Waals surface area contributed by atoms with E-state index in [0.29, 0.717) is 18.8 Å². The highest BCUT2D eigenvalue weighted by Crippen LogP contribution is 2.28. The van der Waals surface area contributed by atoms with Crippen LogP contribution in [0, 0.1) is 12.7 Å². The summed E-state index contributed by atoms with van der Waals surface area (Å²) in [6, 6.07) is 12.0. The predicted molar refractivity (Wildman–Crippen MR) is 105 cm³/mol. The highest BCUT2D eigenvalue weighted by molar-refractivity contribution is 7.15. The van der Waals surface area contributed by atoms with Crippen LogP contribution in [0.2, 0.25) is 0 Å². The molecule has 1 fully saturated rings. The topological polar surface area (TPSA) is 49.3 Å². The van der Waals surface area contributed by atoms with Crippen LogP contribution in [-0.4, -0.2) is 47.0 Å². The molecule has 3 heterocycles. The van der Waals surface area contributed by atoms with Crippen molar-refractivity contribution in [1.82, 2.24) is 14.9 Å². The van der Waals surface area contributed by atoms with Gasteiger partial charge in [-0.25, -0.2) is 14.4 Å². The quantitative estimate of drug-likeness (QED) is 0.694. The predicted octanol–water partition coefficient (Wildman–Crippen LogP) is 3.62. The standard InChI is InChI=1S/C20H19FN4OS/c1-14-18(23-19(27-14)15-5-7-16(21)8-6-15)20(26)25-12-10-24(11-13-25)17-4-2-3-9-22-17/h2-9H,10-13H2,1H3. The number of carbonyl (C=O) groups excluding carboxylic acids is 1. The summed E-state index contributed by atoms with van der Waals surface area (Å²) in [6.07, 6.45) is 1.78. The summed E-state index contributed by atoms with van der Waals surface area (Å²) in [5.41, 5.74) is 1.31. The molecule has 0 aliphatic carbocycles. The molecule has 0 atom stereocenters. The summed E-state index contributed by atoms with van der Waals surface area (Å²) in [6.45, 7) is 4.67. The van der Waals surface area contributed by atoms with Gasteiger partial charge >= 0.3 is 0 Å². The second kappa shape index (κ2) is 7.44. The molecule has 2 aromatic heterocycles. The molecule has 1 aliphatic heterocycles. The first-order valence-electron chi connectivity index (χ1n) is 8.80. The van der Waals surface area contributed by atoms with Gasteiger partial charge < -0.3 is 9.80 Å². The largest absolute Gasteiger partial charge is 0.353 e. The molecule has 0 unspecified atom stereocenters. The van der Waals surface area contributed by atoms with Crippen molar-refractivity contribution in [1.29, 1.82) is 0 Å². The third-order valence-electron chi connectivity index (χ3n) is 4.63. The number of anilines is 1. The van der Waals surface area contributed by atoms with Crippen molar-refractivity contribution >= 4 is 23.1 Å². The van der Waals surface area contributed by atoms with Crippen molar-refractivity contribution in [2.75, 3.05) is 31.1 Å². The zero-order valence-electron chi connectivity index (χ0n) is 14.9. The van der Waals surface area contributed by atoms with Gasteiger partial charge in [-0.15, -0.1) is 11.3 Å². The van der Waals surface area contributed by atoms with Crippen molar-refractivity contribution < 1.29 is 9.18 Å². The maximum absolute atomic E-state index is 13.1. The van der Waals surface area contributed by atoms with Crippen molar-refractivity contribution in [3.05, 3.63) is 65.0 Å². The van der Waals surface area contributed by atoms with E-state index in [0.717, 1.165) is 34.4 Å². The minimum Gasteiger partial charge on any atom is -0.353 e. The van der Waals surface area contributed by atoms with E-state index in [1.807, 2.05) is 30.0 Å². The molecule has 5 nitrogen and oxygen atoms in total. The smallest absolute Gasteiger partial charge is 0.273 e. The van der Waals surface area contributed by atoms with E-state index >= 15 is 0 Å². The van der Waals surface area contributed by atoms with Gasteiger partial charge in [-0.05, 0) is 43.3 Å². The third kappa shape index (κ3) is 3.68. The van der Waals surface area contributed by atoms with E-state index < -0.39 is 0 Å². The van der Waals surface area contributed by atoms with Crippen LogP contribution in [0.25, 0.3) is 10.6 Å². The van der Waals surface area contributed by atoms with Crippen molar-refractivity contribution in [3.63, 3.8) is 0 Å². The Morgan fingerprint density at radius 2 is 1.81 bits per heavy atom. The number of aromatic nitrogens is 2. The van der Waals surface area contributed by atoms with Crippen LogP contribution < -0.4 is 4.90 Å². The molecule has 7 heteroatoms. The summed E-state index contributed by atoms with van der Waals surface area (Å²) in [5.74, 6) is 0.611. The number of hydrogen-bond acceptors (Lipinski definition) is 5. The van der Waals surface area contributed by atoms with Crippen LogP contribution >= 0.6 is 11.3 Å². The van der Waals surface area contributed by atoms with Crippen LogP contribution in [-0.2, 0) is 0 Å². The number of hydrogen-bond donors (Lipinski definition) is 0. The zero-order valence-corrected chi connectivity index (χ0v) is 15.7. The Labute approximate surface area is 161 Å². The fourth-order valence-electron chi connectivity index (χ4n) is 3.14. The lowest BCUT2D eigenvalue weighted by Crippen LogP contribution is -2.49. The maximum Gasteiger partial charge on any atom is 0.273 e. The molecule has 0 N–H and O–H groups in total. The fourth-order valence-corrected chi connectivity index (χ4v) is 4.05. The highest BCUT2D eigenvalue weighted by Gasteiger charge is 2.26. The van der Waals surface area contributed by atoms with Gasteiger partial charge in [-0.2, -0.15) is 0 Å². The number of thiazole rings is 1. The number of nitrogens with zero attached hydrogens (tertiary/aromatic N) is 4. The number of carbonyl (C=O) groups is 1. The number of halogens is 1. The first kappa shape index (κ1) is 17.6. The summed E-state index contributed by atoms with van der Waals surface area (Å²) >= 11 is 1.46. The van der Waals surface area contributed by atoms with Crippen LogP contribution in [0.5, 0.6) is 0 Å². The van der Waals surface area contributed by atoms with Crippen LogP contribution in [0.3, 0.4) is 0 Å². The first-order chi connectivity index (χ1) is 13.1. The minimum atomic E-state index is -0.283. The van der Waals surface area contributed by atoms with Crippen molar-refractivity contribution in [2.24, 2.45) is 0 Å². The molecule has 4 rings (SSSR count). The van der Waals surface area contributed by atoms with E-state index in [1.54, 1.807) is 18.3 Å². The normalized spacial score (nSPS) is 14.4. The SMILES string of the molecule is Cc1sc(-c2ccc(F)cc2)nc1C(=O)N1CCN(c2ccccn2)CC1. The molecular weight excluding hydrogens is 363 g/mol. The van der Waals surface area contributed by atoms with Crippen LogP contribution in [0.15, 0.2) is 48.7 Å². The first-order valence-corrected chi connectivity index (χ1v) is 9.62. The fraction of sp³-hybridized carbons (Fsp3) is 0.250. The van der Waals surface area contributed by atoms with Crippen molar-refractivity contribution in [3.8, 4) is 10.6 Å². The van der Waals surface area contributed by atoms with Gasteiger partial charge in [0.05, 0.1) is 0 Å². The number of amides is 1.